The molecule has 0 atom stereocenters. The number of hydrogen-bond donors (Lipinski definition) is 2. The van der Waals surface area contributed by atoms with Gasteiger partial charge in [-0.15, -0.1) is 0 Å². The Balaban J connectivity index is 1.15. The molecule has 7 heteroatoms. The number of nitrogens with zero attached hydrogens (tertiary/aromatic N) is 1. The van der Waals surface area contributed by atoms with Gasteiger partial charge in [-0.1, -0.05) is 55.0 Å². The summed E-state index contributed by atoms with van der Waals surface area (Å²) in [6.07, 6.45) is 3.92. The number of amides is 2. The molecule has 1 fully saturated rings. The van der Waals surface area contributed by atoms with Crippen molar-refractivity contribution in [2.24, 2.45) is 0 Å². The minimum atomic E-state index is -0.337. The van der Waals surface area contributed by atoms with Crippen LogP contribution in [-0.2, 0) is 13.2 Å². The van der Waals surface area contributed by atoms with Crippen molar-refractivity contribution in [3.63, 3.8) is 0 Å². The summed E-state index contributed by atoms with van der Waals surface area (Å²) in [6.45, 7) is 4.74. The maximum atomic E-state index is 13.1. The van der Waals surface area contributed by atoms with E-state index in [0.717, 1.165) is 39.9 Å². The summed E-state index contributed by atoms with van der Waals surface area (Å²) in [5, 5.41) is 7.51. The number of urea groups is 1. The summed E-state index contributed by atoms with van der Waals surface area (Å²) < 4.78 is 25.2. The van der Waals surface area contributed by atoms with Gasteiger partial charge in [0, 0.05) is 23.9 Å². The maximum Gasteiger partial charge on any atom is 0.319 e. The number of nitrogens with one attached hydrogen (secondary N) is 2. The number of likely N-dealkylation sites (tertiary alicyclic amines) is 1. The number of benzene rings is 4. The molecule has 5 rings (SSSR count). The molecule has 0 spiro atoms. The van der Waals surface area contributed by atoms with E-state index in [9.17, 15) is 9.18 Å². The van der Waals surface area contributed by atoms with Crippen molar-refractivity contribution in [3.8, 4) is 11.5 Å². The average Bonchev–Trinajstić information content (AvgIpc) is 2.98. The molecule has 1 aliphatic heterocycles. The summed E-state index contributed by atoms with van der Waals surface area (Å²) in [7, 11) is 0. The lowest BCUT2D eigenvalue weighted by atomic mass is 10.1. The molecular weight excluding hydrogens is 493 g/mol. The summed E-state index contributed by atoms with van der Waals surface area (Å²) >= 11 is 0. The summed E-state index contributed by atoms with van der Waals surface area (Å²) in [6, 6.07) is 25.3. The molecule has 6 nitrogen and oxygen atoms in total. The second-order valence-electron chi connectivity index (χ2n) is 9.77. The van der Waals surface area contributed by atoms with Crippen LogP contribution in [0.2, 0.25) is 0 Å². The van der Waals surface area contributed by atoms with Crippen LogP contribution >= 0.6 is 0 Å². The predicted octanol–water partition coefficient (Wildman–Crippen LogP) is 6.74. The van der Waals surface area contributed by atoms with Crippen molar-refractivity contribution in [3.05, 3.63) is 102 Å². The van der Waals surface area contributed by atoms with Crippen LogP contribution in [-0.4, -0.2) is 37.2 Å². The lowest BCUT2D eigenvalue weighted by Crippen LogP contribution is -2.33. The van der Waals surface area contributed by atoms with Gasteiger partial charge in [0.1, 0.15) is 30.5 Å². The lowest BCUT2D eigenvalue weighted by molar-refractivity contribution is 0.183. The van der Waals surface area contributed by atoms with Crippen LogP contribution in [0, 0.1) is 5.82 Å². The van der Waals surface area contributed by atoms with Gasteiger partial charge in [0.25, 0.3) is 0 Å². The second-order valence-corrected chi connectivity index (χ2v) is 9.77. The van der Waals surface area contributed by atoms with E-state index in [1.807, 2.05) is 60.7 Å². The van der Waals surface area contributed by atoms with Gasteiger partial charge in [0.2, 0.25) is 0 Å². The van der Waals surface area contributed by atoms with E-state index in [1.54, 1.807) is 12.1 Å². The molecule has 4 aromatic carbocycles. The molecule has 0 saturated carbocycles. The Morgan fingerprint density at radius 1 is 0.795 bits per heavy atom. The highest BCUT2D eigenvalue weighted by atomic mass is 19.1. The monoisotopic (exact) mass is 527 g/mol. The Morgan fingerprint density at radius 3 is 2.28 bits per heavy atom. The number of ether oxygens (including phenoxy) is 2. The molecule has 0 aromatic heterocycles. The van der Waals surface area contributed by atoms with Crippen molar-refractivity contribution in [2.75, 3.05) is 31.6 Å². The molecule has 0 unspecified atom stereocenters. The summed E-state index contributed by atoms with van der Waals surface area (Å²) in [5.74, 6) is 1.31. The third kappa shape index (κ3) is 7.48. The molecule has 2 amide bonds. The van der Waals surface area contributed by atoms with Crippen molar-refractivity contribution in [1.29, 1.82) is 0 Å². The van der Waals surface area contributed by atoms with E-state index in [4.69, 9.17) is 9.47 Å². The zero-order chi connectivity index (χ0) is 26.9. The standard InChI is InChI=1S/C32H34FN3O3/c33-26-12-8-24(9-13-26)22-34-32(37)35-30-16-17-31(29-7-3-2-6-28(29)30)39-23-25-10-14-27(15-11-25)38-21-20-36-18-4-1-5-19-36/h2-3,6-17H,1,4-5,18-23H2,(H2,34,35,37). The van der Waals surface area contributed by atoms with Crippen molar-refractivity contribution >= 4 is 22.5 Å². The van der Waals surface area contributed by atoms with E-state index in [2.05, 4.69) is 15.5 Å². The summed E-state index contributed by atoms with van der Waals surface area (Å²) in [4.78, 5) is 15.0. The molecular formula is C32H34FN3O3. The van der Waals surface area contributed by atoms with Crippen LogP contribution in [0.5, 0.6) is 11.5 Å². The van der Waals surface area contributed by atoms with Gasteiger partial charge < -0.3 is 20.1 Å². The van der Waals surface area contributed by atoms with E-state index in [1.165, 1.54) is 44.5 Å². The van der Waals surface area contributed by atoms with Crippen LogP contribution < -0.4 is 20.1 Å². The SMILES string of the molecule is O=C(NCc1ccc(F)cc1)Nc1ccc(OCc2ccc(OCCN3CCCCC3)cc2)c2ccccc12. The number of fused-ring (bicyclic) bond motifs is 1. The van der Waals surface area contributed by atoms with Crippen molar-refractivity contribution < 1.29 is 18.7 Å². The minimum absolute atomic E-state index is 0.299. The highest BCUT2D eigenvalue weighted by molar-refractivity contribution is 6.03. The fourth-order valence-electron chi connectivity index (χ4n) is 4.78. The fraction of sp³-hybridized carbons (Fsp3) is 0.281. The zero-order valence-electron chi connectivity index (χ0n) is 22.0. The lowest BCUT2D eigenvalue weighted by Gasteiger charge is -2.26. The molecule has 0 radical (unpaired) electrons. The van der Waals surface area contributed by atoms with Crippen LogP contribution in [0.15, 0.2) is 84.9 Å². The van der Waals surface area contributed by atoms with E-state index < -0.39 is 0 Å². The van der Waals surface area contributed by atoms with E-state index >= 15 is 0 Å². The highest BCUT2D eigenvalue weighted by Gasteiger charge is 2.11. The van der Waals surface area contributed by atoms with Crippen molar-refractivity contribution in [2.45, 2.75) is 32.4 Å². The van der Waals surface area contributed by atoms with Crippen LogP contribution in [0.25, 0.3) is 10.8 Å². The Bertz CT molecular complexity index is 1370. The number of piperidine rings is 1. The Kier molecular flexibility index (Phi) is 8.91. The average molecular weight is 528 g/mol. The number of hydrogen-bond acceptors (Lipinski definition) is 4. The maximum absolute atomic E-state index is 13.1. The van der Waals surface area contributed by atoms with Crippen LogP contribution in [0.3, 0.4) is 0 Å². The topological polar surface area (TPSA) is 62.8 Å². The van der Waals surface area contributed by atoms with E-state index in [0.29, 0.717) is 25.4 Å². The Hall–Kier alpha value is -4.10. The quantitative estimate of drug-likeness (QED) is 0.240. The van der Waals surface area contributed by atoms with Crippen molar-refractivity contribution in [1.82, 2.24) is 10.2 Å². The first kappa shape index (κ1) is 26.5. The van der Waals surface area contributed by atoms with Gasteiger partial charge in [-0.05, 0) is 73.5 Å². The summed E-state index contributed by atoms with van der Waals surface area (Å²) in [5.41, 5.74) is 2.54. The molecule has 2 N–H and O–H groups in total. The van der Waals surface area contributed by atoms with Gasteiger partial charge in [-0.3, -0.25) is 4.90 Å². The number of carbonyl (C=O) groups is 1. The molecule has 1 saturated heterocycles. The Labute approximate surface area is 228 Å². The predicted molar refractivity (Wildman–Crippen MR) is 153 cm³/mol. The molecule has 0 aliphatic carbocycles. The molecule has 39 heavy (non-hydrogen) atoms. The number of anilines is 1. The van der Waals surface area contributed by atoms with E-state index in [-0.39, 0.29) is 11.8 Å². The first-order valence-corrected chi connectivity index (χ1v) is 13.5. The third-order valence-electron chi connectivity index (χ3n) is 6.94. The first-order chi connectivity index (χ1) is 19.1. The van der Waals surface area contributed by atoms with Crippen LogP contribution in [0.1, 0.15) is 30.4 Å². The Morgan fingerprint density at radius 2 is 1.51 bits per heavy atom. The zero-order valence-corrected chi connectivity index (χ0v) is 22.0. The first-order valence-electron chi connectivity index (χ1n) is 13.5. The minimum Gasteiger partial charge on any atom is -0.492 e. The van der Waals surface area contributed by atoms with Gasteiger partial charge in [-0.25, -0.2) is 9.18 Å². The smallest absolute Gasteiger partial charge is 0.319 e. The van der Waals surface area contributed by atoms with Gasteiger partial charge >= 0.3 is 6.03 Å². The normalized spacial score (nSPS) is 13.7. The third-order valence-corrected chi connectivity index (χ3v) is 6.94. The van der Waals surface area contributed by atoms with Gasteiger partial charge in [0.15, 0.2) is 0 Å². The number of carbonyl (C=O) groups excluding carboxylic acids is 1. The molecule has 4 aromatic rings. The number of rotatable bonds is 10. The van der Waals surface area contributed by atoms with Gasteiger partial charge in [0.05, 0.1) is 5.69 Å². The highest BCUT2D eigenvalue weighted by Crippen LogP contribution is 2.32. The largest absolute Gasteiger partial charge is 0.492 e. The molecule has 202 valence electrons. The fourth-order valence-corrected chi connectivity index (χ4v) is 4.78. The molecule has 0 bridgehead atoms. The second kappa shape index (κ2) is 13.1. The van der Waals surface area contributed by atoms with Crippen LogP contribution in [0.4, 0.5) is 14.9 Å². The molecule has 1 aliphatic rings. The van der Waals surface area contributed by atoms with Gasteiger partial charge in [-0.2, -0.15) is 0 Å². The number of halogens is 1. The molecule has 1 heterocycles.